The molecule has 19 heavy (non-hydrogen) atoms. The Morgan fingerprint density at radius 3 is 2.68 bits per heavy atom. The summed E-state index contributed by atoms with van der Waals surface area (Å²) in [7, 11) is 2.54. The van der Waals surface area contributed by atoms with E-state index in [9.17, 15) is 8.60 Å². The lowest BCUT2D eigenvalue weighted by Gasteiger charge is -2.04. The first-order valence-electron chi connectivity index (χ1n) is 5.64. The lowest BCUT2D eigenvalue weighted by Crippen LogP contribution is -2.08. The van der Waals surface area contributed by atoms with Gasteiger partial charge in [-0.3, -0.25) is 4.21 Å². The van der Waals surface area contributed by atoms with Crippen molar-refractivity contribution in [1.29, 1.82) is 0 Å². The molecule has 1 heterocycles. The smallest absolute Gasteiger partial charge is 0.204 e. The lowest BCUT2D eigenvalue weighted by molar-refractivity contribution is 0.615. The highest BCUT2D eigenvalue weighted by atomic mass is 32.2. The number of hydrogen-bond donors (Lipinski definition) is 0. The summed E-state index contributed by atoms with van der Waals surface area (Å²) < 4.78 is 29.5. The van der Waals surface area contributed by atoms with Crippen molar-refractivity contribution in [3.8, 4) is 0 Å². The molecule has 2 aromatic rings. The molecule has 1 unspecified atom stereocenters. The Labute approximate surface area is 117 Å². The van der Waals surface area contributed by atoms with Crippen molar-refractivity contribution in [2.75, 3.05) is 19.0 Å². The molecular weight excluding hydrogens is 285 g/mol. The van der Waals surface area contributed by atoms with Gasteiger partial charge in [-0.25, -0.2) is 9.37 Å². The Morgan fingerprint density at radius 2 is 2.05 bits per heavy atom. The molecule has 0 aliphatic rings. The average Bonchev–Trinajstić information content (AvgIpc) is 2.80. The zero-order chi connectivity index (χ0) is 13.8. The van der Waals surface area contributed by atoms with E-state index >= 15 is 0 Å². The first-order chi connectivity index (χ1) is 9.06. The van der Waals surface area contributed by atoms with E-state index in [0.717, 1.165) is 5.13 Å². The predicted molar refractivity (Wildman–Crippen MR) is 76.2 cm³/mol. The van der Waals surface area contributed by atoms with Gasteiger partial charge in [-0.2, -0.15) is 4.37 Å². The van der Waals surface area contributed by atoms with Gasteiger partial charge in [0.25, 0.3) is 0 Å². The van der Waals surface area contributed by atoms with E-state index in [0.29, 0.717) is 11.4 Å². The van der Waals surface area contributed by atoms with Crippen LogP contribution in [0.15, 0.2) is 24.3 Å². The van der Waals surface area contributed by atoms with Gasteiger partial charge in [-0.05, 0) is 6.07 Å². The molecule has 0 aliphatic heterocycles. The molecule has 0 saturated carbocycles. The van der Waals surface area contributed by atoms with E-state index in [2.05, 4.69) is 9.36 Å². The van der Waals surface area contributed by atoms with Crippen LogP contribution in [0.1, 0.15) is 11.4 Å². The zero-order valence-electron chi connectivity index (χ0n) is 10.7. The minimum Gasteiger partial charge on any atom is -0.353 e. The molecular formula is C12H14FN3OS2. The Balaban J connectivity index is 1.99. The maximum Gasteiger partial charge on any atom is 0.204 e. The SMILES string of the molecule is CN(C)c1nc(CS(=O)Cc2ccccc2F)ns1. The van der Waals surface area contributed by atoms with Gasteiger partial charge < -0.3 is 4.90 Å². The van der Waals surface area contributed by atoms with Crippen LogP contribution in [0.4, 0.5) is 9.52 Å². The first-order valence-corrected chi connectivity index (χ1v) is 7.90. The van der Waals surface area contributed by atoms with E-state index in [1.807, 2.05) is 19.0 Å². The summed E-state index contributed by atoms with van der Waals surface area (Å²) >= 11 is 1.27. The molecule has 0 radical (unpaired) electrons. The van der Waals surface area contributed by atoms with E-state index in [1.165, 1.54) is 17.6 Å². The molecule has 1 aromatic carbocycles. The van der Waals surface area contributed by atoms with Crippen LogP contribution in [0.2, 0.25) is 0 Å². The van der Waals surface area contributed by atoms with Crippen molar-refractivity contribution < 1.29 is 8.60 Å². The largest absolute Gasteiger partial charge is 0.353 e. The Morgan fingerprint density at radius 1 is 1.32 bits per heavy atom. The molecule has 0 N–H and O–H groups in total. The number of nitrogens with zero attached hydrogens (tertiary/aromatic N) is 3. The summed E-state index contributed by atoms with van der Waals surface area (Å²) in [5.41, 5.74) is 0.462. The number of hydrogen-bond acceptors (Lipinski definition) is 5. The molecule has 0 spiro atoms. The van der Waals surface area contributed by atoms with Gasteiger partial charge in [0.05, 0.1) is 11.5 Å². The molecule has 102 valence electrons. The molecule has 1 atom stereocenters. The van der Waals surface area contributed by atoms with Gasteiger partial charge in [-0.1, -0.05) is 18.2 Å². The van der Waals surface area contributed by atoms with Crippen molar-refractivity contribution in [3.05, 3.63) is 41.5 Å². The second kappa shape index (κ2) is 6.21. The first kappa shape index (κ1) is 14.1. The minimum absolute atomic E-state index is 0.184. The van der Waals surface area contributed by atoms with Crippen molar-refractivity contribution in [2.45, 2.75) is 11.5 Å². The monoisotopic (exact) mass is 299 g/mol. The third kappa shape index (κ3) is 3.81. The second-order valence-electron chi connectivity index (χ2n) is 4.21. The van der Waals surface area contributed by atoms with Crippen LogP contribution >= 0.6 is 11.5 Å². The van der Waals surface area contributed by atoms with E-state index < -0.39 is 10.8 Å². The van der Waals surface area contributed by atoms with E-state index in [1.54, 1.807) is 18.2 Å². The molecule has 0 fully saturated rings. The van der Waals surface area contributed by atoms with Gasteiger partial charge in [0.15, 0.2) is 5.82 Å². The maximum atomic E-state index is 13.4. The summed E-state index contributed by atoms with van der Waals surface area (Å²) in [4.78, 5) is 6.11. The van der Waals surface area contributed by atoms with Crippen LogP contribution in [0.5, 0.6) is 0 Å². The average molecular weight is 299 g/mol. The number of rotatable bonds is 5. The van der Waals surface area contributed by atoms with Crippen LogP contribution in [0.3, 0.4) is 0 Å². The van der Waals surface area contributed by atoms with E-state index in [4.69, 9.17) is 0 Å². The van der Waals surface area contributed by atoms with Crippen molar-refractivity contribution in [1.82, 2.24) is 9.36 Å². The summed E-state index contributed by atoms with van der Waals surface area (Å²) in [5.74, 6) is 0.654. The minimum atomic E-state index is -1.21. The highest BCUT2D eigenvalue weighted by Crippen LogP contribution is 2.16. The van der Waals surface area contributed by atoms with Gasteiger partial charge in [0.1, 0.15) is 5.82 Å². The summed E-state index contributed by atoms with van der Waals surface area (Å²) in [6.07, 6.45) is 0. The Kier molecular flexibility index (Phi) is 4.60. The van der Waals surface area contributed by atoms with E-state index in [-0.39, 0.29) is 17.3 Å². The van der Waals surface area contributed by atoms with Gasteiger partial charge in [0, 0.05) is 42.0 Å². The summed E-state index contributed by atoms with van der Waals surface area (Å²) in [6.45, 7) is 0. The van der Waals surface area contributed by atoms with Crippen molar-refractivity contribution in [3.63, 3.8) is 0 Å². The summed E-state index contributed by atoms with van der Waals surface area (Å²) in [6, 6.07) is 6.37. The molecule has 0 bridgehead atoms. The Hall–Kier alpha value is -1.34. The number of anilines is 1. The standard InChI is InChI=1S/C12H14FN3OS2/c1-16(2)12-14-11(15-18-12)8-19(17)7-9-5-3-4-6-10(9)13/h3-6H,7-8H2,1-2H3. The normalized spacial score (nSPS) is 12.4. The van der Waals surface area contributed by atoms with Gasteiger partial charge >= 0.3 is 0 Å². The predicted octanol–water partition coefficient (Wildman–Crippen LogP) is 2.19. The van der Waals surface area contributed by atoms with Crippen LogP contribution in [0.25, 0.3) is 0 Å². The third-order valence-corrected chi connectivity index (χ3v) is 4.54. The summed E-state index contributed by atoms with van der Waals surface area (Å²) in [5, 5.41) is 0.776. The van der Waals surface area contributed by atoms with Crippen LogP contribution in [-0.2, 0) is 22.3 Å². The highest BCUT2D eigenvalue weighted by molar-refractivity contribution is 7.83. The van der Waals surface area contributed by atoms with Crippen molar-refractivity contribution >= 4 is 27.5 Å². The fourth-order valence-electron chi connectivity index (χ4n) is 1.47. The van der Waals surface area contributed by atoms with Crippen molar-refractivity contribution in [2.24, 2.45) is 0 Å². The fourth-order valence-corrected chi connectivity index (χ4v) is 3.25. The third-order valence-electron chi connectivity index (χ3n) is 2.40. The molecule has 2 rings (SSSR count). The molecule has 7 heteroatoms. The topological polar surface area (TPSA) is 46.1 Å². The number of halogens is 1. The van der Waals surface area contributed by atoms with Crippen LogP contribution < -0.4 is 4.90 Å². The number of aromatic nitrogens is 2. The zero-order valence-corrected chi connectivity index (χ0v) is 12.3. The molecule has 0 amide bonds. The molecule has 1 aromatic heterocycles. The fraction of sp³-hybridized carbons (Fsp3) is 0.333. The van der Waals surface area contributed by atoms with Gasteiger partial charge in [0.2, 0.25) is 5.13 Å². The highest BCUT2D eigenvalue weighted by Gasteiger charge is 2.11. The molecule has 0 aliphatic carbocycles. The van der Waals surface area contributed by atoms with Crippen LogP contribution in [-0.4, -0.2) is 27.7 Å². The maximum absolute atomic E-state index is 13.4. The quantitative estimate of drug-likeness (QED) is 0.849. The lowest BCUT2D eigenvalue weighted by atomic mass is 10.2. The second-order valence-corrected chi connectivity index (χ2v) is 6.39. The van der Waals surface area contributed by atoms with Crippen LogP contribution in [0, 0.1) is 5.82 Å². The van der Waals surface area contributed by atoms with Gasteiger partial charge in [-0.15, -0.1) is 0 Å². The molecule has 4 nitrogen and oxygen atoms in total. The molecule has 0 saturated heterocycles. The Bertz CT molecular complexity index is 586. The number of benzene rings is 1.